The summed E-state index contributed by atoms with van der Waals surface area (Å²) in [5.41, 5.74) is 0.882. The van der Waals surface area contributed by atoms with E-state index in [1.165, 1.54) is 37.0 Å². The van der Waals surface area contributed by atoms with Crippen LogP contribution in [0.25, 0.3) is 10.2 Å². The Hall–Kier alpha value is -1.66. The van der Waals surface area contributed by atoms with E-state index in [2.05, 4.69) is 15.6 Å². The lowest BCUT2D eigenvalue weighted by Gasteiger charge is -2.10. The highest BCUT2D eigenvalue weighted by atomic mass is 32.1. The predicted molar refractivity (Wildman–Crippen MR) is 89.7 cm³/mol. The molecule has 1 saturated carbocycles. The van der Waals surface area contributed by atoms with Crippen LogP contribution >= 0.6 is 11.3 Å². The zero-order chi connectivity index (χ0) is 15.4. The number of anilines is 1. The van der Waals surface area contributed by atoms with Gasteiger partial charge in [0.2, 0.25) is 5.91 Å². The van der Waals surface area contributed by atoms with Gasteiger partial charge in [0.1, 0.15) is 5.75 Å². The summed E-state index contributed by atoms with van der Waals surface area (Å²) in [6, 6.07) is 6.28. The van der Waals surface area contributed by atoms with E-state index in [1.807, 2.05) is 25.1 Å². The fourth-order valence-corrected chi connectivity index (χ4v) is 3.66. The zero-order valence-electron chi connectivity index (χ0n) is 12.7. The van der Waals surface area contributed by atoms with Crippen LogP contribution in [0, 0.1) is 0 Å². The lowest BCUT2D eigenvalue weighted by molar-refractivity contribution is -0.115. The number of thiazole rings is 1. The number of nitrogens with one attached hydrogen (secondary N) is 2. The van der Waals surface area contributed by atoms with E-state index in [9.17, 15) is 4.79 Å². The van der Waals surface area contributed by atoms with Crippen LogP contribution in [-0.4, -0.2) is 30.1 Å². The standard InChI is InChI=1S/C16H21N3O2S/c1-2-21-12-7-8-13-14(9-12)22-16(18-13)19-15(20)10-17-11-5-3-4-6-11/h7-9,11,17H,2-6,10H2,1H3,(H,18,19,20). The van der Waals surface area contributed by atoms with Gasteiger partial charge in [-0.1, -0.05) is 24.2 Å². The van der Waals surface area contributed by atoms with Crippen LogP contribution in [0.5, 0.6) is 5.75 Å². The molecule has 22 heavy (non-hydrogen) atoms. The molecule has 0 aliphatic heterocycles. The van der Waals surface area contributed by atoms with Crippen LogP contribution in [0.1, 0.15) is 32.6 Å². The normalized spacial score (nSPS) is 15.3. The SMILES string of the molecule is CCOc1ccc2nc(NC(=O)CNC3CCCC3)sc2c1. The highest BCUT2D eigenvalue weighted by Crippen LogP contribution is 2.29. The summed E-state index contributed by atoms with van der Waals surface area (Å²) >= 11 is 1.47. The first-order valence-corrected chi connectivity index (χ1v) is 8.63. The number of hydrogen-bond donors (Lipinski definition) is 2. The van der Waals surface area contributed by atoms with Crippen molar-refractivity contribution in [3.05, 3.63) is 18.2 Å². The van der Waals surface area contributed by atoms with E-state index in [4.69, 9.17) is 4.74 Å². The maximum absolute atomic E-state index is 12.0. The van der Waals surface area contributed by atoms with Gasteiger partial charge in [-0.05, 0) is 38.0 Å². The largest absolute Gasteiger partial charge is 0.494 e. The summed E-state index contributed by atoms with van der Waals surface area (Å²) in [7, 11) is 0. The Morgan fingerprint density at radius 2 is 2.23 bits per heavy atom. The van der Waals surface area contributed by atoms with Gasteiger partial charge in [-0.25, -0.2) is 4.98 Å². The average Bonchev–Trinajstić information content (AvgIpc) is 3.13. The Bertz CT molecular complexity index is 650. The van der Waals surface area contributed by atoms with Crippen molar-refractivity contribution >= 4 is 32.6 Å². The molecule has 0 spiro atoms. The van der Waals surface area contributed by atoms with Gasteiger partial charge in [-0.2, -0.15) is 0 Å². The maximum Gasteiger partial charge on any atom is 0.240 e. The van der Waals surface area contributed by atoms with Crippen LogP contribution in [0.15, 0.2) is 18.2 Å². The van der Waals surface area contributed by atoms with Crippen LogP contribution in [0.2, 0.25) is 0 Å². The molecule has 0 saturated heterocycles. The first-order chi connectivity index (χ1) is 10.7. The second-order valence-corrected chi connectivity index (χ2v) is 6.52. The van der Waals surface area contributed by atoms with E-state index in [0.717, 1.165) is 16.0 Å². The molecule has 1 aliphatic rings. The number of aromatic nitrogens is 1. The fourth-order valence-electron chi connectivity index (χ4n) is 2.75. The summed E-state index contributed by atoms with van der Waals surface area (Å²) < 4.78 is 6.50. The van der Waals surface area contributed by atoms with Crippen molar-refractivity contribution < 1.29 is 9.53 Å². The summed E-state index contributed by atoms with van der Waals surface area (Å²) in [6.07, 6.45) is 4.88. The molecule has 118 valence electrons. The second kappa shape index (κ2) is 7.07. The Balaban J connectivity index is 1.59. The van der Waals surface area contributed by atoms with Crippen molar-refractivity contribution in [1.82, 2.24) is 10.3 Å². The molecule has 1 fully saturated rings. The summed E-state index contributed by atoms with van der Waals surface area (Å²) in [5, 5.41) is 6.82. The summed E-state index contributed by atoms with van der Waals surface area (Å²) in [5.74, 6) is 0.801. The number of benzene rings is 1. The van der Waals surface area contributed by atoms with Gasteiger partial charge in [0.25, 0.3) is 0 Å². The molecule has 0 atom stereocenters. The molecule has 1 aliphatic carbocycles. The fraction of sp³-hybridized carbons (Fsp3) is 0.500. The van der Waals surface area contributed by atoms with E-state index in [1.54, 1.807) is 0 Å². The summed E-state index contributed by atoms with van der Waals surface area (Å²) in [4.78, 5) is 16.4. The lowest BCUT2D eigenvalue weighted by Crippen LogP contribution is -2.34. The molecule has 5 nitrogen and oxygen atoms in total. The van der Waals surface area contributed by atoms with Gasteiger partial charge in [-0.15, -0.1) is 0 Å². The second-order valence-electron chi connectivity index (χ2n) is 5.49. The molecular formula is C16H21N3O2S. The average molecular weight is 319 g/mol. The zero-order valence-corrected chi connectivity index (χ0v) is 13.5. The van der Waals surface area contributed by atoms with Crippen molar-refractivity contribution in [2.24, 2.45) is 0 Å². The molecule has 2 aromatic rings. The number of hydrogen-bond acceptors (Lipinski definition) is 5. The predicted octanol–water partition coefficient (Wildman–Crippen LogP) is 3.17. The molecule has 3 rings (SSSR count). The maximum atomic E-state index is 12.0. The molecule has 0 bridgehead atoms. The number of fused-ring (bicyclic) bond motifs is 1. The first kappa shape index (κ1) is 15.2. The van der Waals surface area contributed by atoms with Crippen LogP contribution in [0.3, 0.4) is 0 Å². The number of carbonyl (C=O) groups excluding carboxylic acids is 1. The number of carbonyl (C=O) groups is 1. The molecule has 0 radical (unpaired) electrons. The number of rotatable bonds is 6. The highest BCUT2D eigenvalue weighted by molar-refractivity contribution is 7.22. The molecule has 0 unspecified atom stereocenters. The van der Waals surface area contributed by atoms with Gasteiger partial charge in [0, 0.05) is 6.04 Å². The molecule has 1 amide bonds. The van der Waals surface area contributed by atoms with Crippen LogP contribution in [-0.2, 0) is 4.79 Å². The van der Waals surface area contributed by atoms with Crippen LogP contribution in [0.4, 0.5) is 5.13 Å². The third-order valence-corrected chi connectivity index (χ3v) is 4.76. The Labute approximate surface area is 134 Å². The molecule has 2 N–H and O–H groups in total. The Kier molecular flexibility index (Phi) is 4.90. The quantitative estimate of drug-likeness (QED) is 0.858. The van der Waals surface area contributed by atoms with Gasteiger partial charge in [0.05, 0.1) is 23.4 Å². The molecule has 6 heteroatoms. The third kappa shape index (κ3) is 3.75. The van der Waals surface area contributed by atoms with E-state index in [0.29, 0.717) is 24.3 Å². The minimum absolute atomic E-state index is 0.0315. The van der Waals surface area contributed by atoms with Gasteiger partial charge < -0.3 is 15.4 Å². The number of nitrogens with zero attached hydrogens (tertiary/aromatic N) is 1. The molecule has 1 heterocycles. The van der Waals surface area contributed by atoms with Crippen molar-refractivity contribution in [2.75, 3.05) is 18.5 Å². The van der Waals surface area contributed by atoms with E-state index >= 15 is 0 Å². The molecule has 1 aromatic carbocycles. The van der Waals surface area contributed by atoms with Crippen LogP contribution < -0.4 is 15.4 Å². The first-order valence-electron chi connectivity index (χ1n) is 7.81. The lowest BCUT2D eigenvalue weighted by atomic mass is 10.2. The molecular weight excluding hydrogens is 298 g/mol. The monoisotopic (exact) mass is 319 g/mol. The Morgan fingerprint density at radius 3 is 3.00 bits per heavy atom. The van der Waals surface area contributed by atoms with Crippen molar-refractivity contribution in [2.45, 2.75) is 38.6 Å². The molecule has 1 aromatic heterocycles. The van der Waals surface area contributed by atoms with Crippen molar-refractivity contribution in [1.29, 1.82) is 0 Å². The smallest absolute Gasteiger partial charge is 0.240 e. The third-order valence-electron chi connectivity index (χ3n) is 3.82. The van der Waals surface area contributed by atoms with E-state index in [-0.39, 0.29) is 5.91 Å². The Morgan fingerprint density at radius 1 is 1.41 bits per heavy atom. The number of ether oxygens (including phenoxy) is 1. The van der Waals surface area contributed by atoms with Crippen molar-refractivity contribution in [3.63, 3.8) is 0 Å². The van der Waals surface area contributed by atoms with Crippen molar-refractivity contribution in [3.8, 4) is 5.75 Å². The summed E-state index contributed by atoms with van der Waals surface area (Å²) in [6.45, 7) is 2.95. The topological polar surface area (TPSA) is 63.2 Å². The minimum Gasteiger partial charge on any atom is -0.494 e. The van der Waals surface area contributed by atoms with Gasteiger partial charge >= 0.3 is 0 Å². The van der Waals surface area contributed by atoms with E-state index < -0.39 is 0 Å². The van der Waals surface area contributed by atoms with Gasteiger partial charge in [-0.3, -0.25) is 4.79 Å². The minimum atomic E-state index is -0.0315. The van der Waals surface area contributed by atoms with Gasteiger partial charge in [0.15, 0.2) is 5.13 Å². The number of amides is 1. The highest BCUT2D eigenvalue weighted by Gasteiger charge is 2.16.